The molecule has 2 N–H and O–H groups in total. The molecule has 4 nitrogen and oxygen atoms in total. The third kappa shape index (κ3) is 6.43. The predicted molar refractivity (Wildman–Crippen MR) is 81.3 cm³/mol. The van der Waals surface area contributed by atoms with Crippen LogP contribution in [0.4, 0.5) is 18.9 Å². The number of carbonyl (C=O) groups is 1. The zero-order chi connectivity index (χ0) is 17.3. The highest BCUT2D eigenvalue weighted by Gasteiger charge is 2.30. The fourth-order valence-electron chi connectivity index (χ4n) is 1.77. The van der Waals surface area contributed by atoms with Crippen molar-refractivity contribution in [2.24, 2.45) is 0 Å². The van der Waals surface area contributed by atoms with E-state index in [0.29, 0.717) is 6.54 Å². The normalized spacial score (nSPS) is 11.7. The number of amides is 1. The number of nitriles is 1. The van der Waals surface area contributed by atoms with Crippen LogP contribution >= 0.6 is 0 Å². The highest BCUT2D eigenvalue weighted by molar-refractivity contribution is 6.06. The van der Waals surface area contributed by atoms with E-state index >= 15 is 0 Å². The summed E-state index contributed by atoms with van der Waals surface area (Å²) >= 11 is 0. The van der Waals surface area contributed by atoms with E-state index in [9.17, 15) is 18.0 Å². The molecule has 124 valence electrons. The van der Waals surface area contributed by atoms with Gasteiger partial charge in [-0.1, -0.05) is 25.8 Å². The molecule has 0 fully saturated rings. The van der Waals surface area contributed by atoms with E-state index in [1.54, 1.807) is 6.07 Å². The summed E-state index contributed by atoms with van der Waals surface area (Å²) in [5, 5.41) is 14.1. The fraction of sp³-hybridized carbons (Fsp3) is 0.375. The molecule has 0 radical (unpaired) electrons. The summed E-state index contributed by atoms with van der Waals surface area (Å²) < 4.78 is 37.8. The van der Waals surface area contributed by atoms with E-state index in [2.05, 4.69) is 17.6 Å². The van der Waals surface area contributed by atoms with Crippen LogP contribution in [0.3, 0.4) is 0 Å². The molecule has 23 heavy (non-hydrogen) atoms. The van der Waals surface area contributed by atoms with Gasteiger partial charge in [-0.3, -0.25) is 4.79 Å². The molecule has 1 rings (SSSR count). The molecule has 1 aromatic carbocycles. The maximum Gasteiger partial charge on any atom is 0.416 e. The Hall–Kier alpha value is -2.49. The summed E-state index contributed by atoms with van der Waals surface area (Å²) in [4.78, 5) is 11.9. The van der Waals surface area contributed by atoms with Crippen LogP contribution in [0.25, 0.3) is 0 Å². The summed E-state index contributed by atoms with van der Waals surface area (Å²) in [5.41, 5.74) is -1.08. The monoisotopic (exact) mass is 325 g/mol. The Balaban J connectivity index is 2.70. The van der Waals surface area contributed by atoms with Gasteiger partial charge < -0.3 is 10.6 Å². The average molecular weight is 325 g/mol. The van der Waals surface area contributed by atoms with Crippen molar-refractivity contribution in [1.29, 1.82) is 5.26 Å². The third-order valence-electron chi connectivity index (χ3n) is 2.98. The Labute approximate surface area is 133 Å². The van der Waals surface area contributed by atoms with Gasteiger partial charge in [0.05, 0.1) is 5.56 Å². The summed E-state index contributed by atoms with van der Waals surface area (Å²) in [6.07, 6.45) is -0.235. The van der Waals surface area contributed by atoms with E-state index in [0.717, 1.165) is 31.4 Å². The molecule has 0 saturated carbocycles. The first-order valence-electron chi connectivity index (χ1n) is 7.20. The first-order valence-corrected chi connectivity index (χ1v) is 7.20. The highest BCUT2D eigenvalue weighted by Crippen LogP contribution is 2.30. The van der Waals surface area contributed by atoms with E-state index in [1.807, 2.05) is 0 Å². The second-order valence-corrected chi connectivity index (χ2v) is 4.86. The number of alkyl halides is 3. The molecular weight excluding hydrogens is 307 g/mol. The van der Waals surface area contributed by atoms with E-state index in [4.69, 9.17) is 5.26 Å². The molecule has 0 heterocycles. The summed E-state index contributed by atoms with van der Waals surface area (Å²) in [5.74, 6) is -0.755. The Kier molecular flexibility index (Phi) is 7.13. The van der Waals surface area contributed by atoms with Crippen molar-refractivity contribution < 1.29 is 18.0 Å². The number of nitrogens with zero attached hydrogens (tertiary/aromatic N) is 1. The molecule has 0 aliphatic carbocycles. The molecule has 0 unspecified atom stereocenters. The second kappa shape index (κ2) is 8.83. The molecule has 1 aromatic rings. The van der Waals surface area contributed by atoms with Gasteiger partial charge in [0.2, 0.25) is 0 Å². The predicted octanol–water partition coefficient (Wildman–Crippen LogP) is 3.83. The zero-order valence-electron chi connectivity index (χ0n) is 12.7. The van der Waals surface area contributed by atoms with Crippen LogP contribution in [0.15, 0.2) is 36.0 Å². The van der Waals surface area contributed by atoms with E-state index in [1.165, 1.54) is 18.3 Å². The Bertz CT molecular complexity index is 603. The second-order valence-electron chi connectivity index (χ2n) is 4.86. The van der Waals surface area contributed by atoms with Crippen molar-refractivity contribution in [2.75, 3.05) is 11.9 Å². The number of rotatable bonds is 7. The van der Waals surface area contributed by atoms with Crippen LogP contribution in [0, 0.1) is 11.3 Å². The SMILES string of the molecule is CCCCCN/C=C(/C#N)C(=O)Nc1cccc(C(F)(F)F)c1. The number of benzene rings is 1. The lowest BCUT2D eigenvalue weighted by Gasteiger charge is -2.09. The first-order chi connectivity index (χ1) is 10.9. The lowest BCUT2D eigenvalue weighted by atomic mass is 10.2. The van der Waals surface area contributed by atoms with Crippen LogP contribution < -0.4 is 10.6 Å². The van der Waals surface area contributed by atoms with Crippen molar-refractivity contribution in [2.45, 2.75) is 32.4 Å². The Morgan fingerprint density at radius 1 is 1.35 bits per heavy atom. The molecule has 0 aromatic heterocycles. The summed E-state index contributed by atoms with van der Waals surface area (Å²) in [6, 6.07) is 5.97. The van der Waals surface area contributed by atoms with Crippen molar-refractivity contribution in [3.8, 4) is 6.07 Å². The number of anilines is 1. The molecule has 0 atom stereocenters. The molecule has 7 heteroatoms. The lowest BCUT2D eigenvalue weighted by molar-refractivity contribution is -0.137. The van der Waals surface area contributed by atoms with E-state index in [-0.39, 0.29) is 11.3 Å². The van der Waals surface area contributed by atoms with Gasteiger partial charge in [-0.05, 0) is 24.6 Å². The minimum Gasteiger partial charge on any atom is -0.390 e. The highest BCUT2D eigenvalue weighted by atomic mass is 19.4. The summed E-state index contributed by atoms with van der Waals surface area (Å²) in [7, 11) is 0. The van der Waals surface area contributed by atoms with Crippen LogP contribution in [-0.2, 0) is 11.0 Å². The largest absolute Gasteiger partial charge is 0.416 e. The van der Waals surface area contributed by atoms with Gasteiger partial charge >= 0.3 is 6.18 Å². The van der Waals surface area contributed by atoms with Crippen molar-refractivity contribution in [3.05, 3.63) is 41.6 Å². The molecule has 0 aliphatic rings. The molecule has 0 saturated heterocycles. The van der Waals surface area contributed by atoms with Crippen molar-refractivity contribution in [3.63, 3.8) is 0 Å². The van der Waals surface area contributed by atoms with Crippen LogP contribution in [0.2, 0.25) is 0 Å². The molecular formula is C16H18F3N3O. The maximum absolute atomic E-state index is 12.6. The number of carbonyl (C=O) groups excluding carboxylic acids is 1. The lowest BCUT2D eigenvalue weighted by Crippen LogP contribution is -2.17. The van der Waals surface area contributed by atoms with Gasteiger partial charge in [0.25, 0.3) is 5.91 Å². The quantitative estimate of drug-likeness (QED) is 0.455. The average Bonchev–Trinajstić information content (AvgIpc) is 2.50. The number of hydrogen-bond donors (Lipinski definition) is 2. The number of hydrogen-bond acceptors (Lipinski definition) is 3. The van der Waals surface area contributed by atoms with Gasteiger partial charge in [0.1, 0.15) is 11.6 Å². The minimum absolute atomic E-state index is 0.0167. The maximum atomic E-state index is 12.6. The number of halogens is 3. The first kappa shape index (κ1) is 18.6. The van der Waals surface area contributed by atoms with E-state index < -0.39 is 17.6 Å². The van der Waals surface area contributed by atoms with Crippen molar-refractivity contribution in [1.82, 2.24) is 5.32 Å². The standard InChI is InChI=1S/C16H18F3N3O/c1-2-3-4-8-21-11-12(10-20)15(23)22-14-7-5-6-13(9-14)16(17,18)19/h5-7,9,11,21H,2-4,8H2,1H3,(H,22,23)/b12-11-. The van der Waals surface area contributed by atoms with Gasteiger partial charge in [0, 0.05) is 18.4 Å². The van der Waals surface area contributed by atoms with Gasteiger partial charge in [-0.25, -0.2) is 0 Å². The van der Waals surface area contributed by atoms with Gasteiger partial charge in [-0.2, -0.15) is 18.4 Å². The number of nitrogens with one attached hydrogen (secondary N) is 2. The van der Waals surface area contributed by atoms with Gasteiger partial charge in [-0.15, -0.1) is 0 Å². The smallest absolute Gasteiger partial charge is 0.390 e. The van der Waals surface area contributed by atoms with Crippen LogP contribution in [0.5, 0.6) is 0 Å². The minimum atomic E-state index is -4.49. The molecule has 0 bridgehead atoms. The topological polar surface area (TPSA) is 64.9 Å². The Morgan fingerprint density at radius 2 is 2.09 bits per heavy atom. The van der Waals surface area contributed by atoms with Crippen LogP contribution in [0.1, 0.15) is 31.7 Å². The third-order valence-corrected chi connectivity index (χ3v) is 2.98. The summed E-state index contributed by atoms with van der Waals surface area (Å²) in [6.45, 7) is 2.68. The molecule has 0 spiro atoms. The van der Waals surface area contributed by atoms with Crippen LogP contribution in [-0.4, -0.2) is 12.5 Å². The fourth-order valence-corrected chi connectivity index (χ4v) is 1.77. The number of unbranched alkanes of at least 4 members (excludes halogenated alkanes) is 2. The van der Waals surface area contributed by atoms with Gasteiger partial charge in [0.15, 0.2) is 0 Å². The molecule has 0 aliphatic heterocycles. The Morgan fingerprint density at radius 3 is 2.70 bits per heavy atom. The molecule has 1 amide bonds. The zero-order valence-corrected chi connectivity index (χ0v) is 12.7. The van der Waals surface area contributed by atoms with Crippen molar-refractivity contribution >= 4 is 11.6 Å².